The molecule has 2 rings (SSSR count). The van der Waals surface area contributed by atoms with Crippen molar-refractivity contribution in [2.75, 3.05) is 25.1 Å². The van der Waals surface area contributed by atoms with Gasteiger partial charge in [-0.05, 0) is 37.6 Å². The van der Waals surface area contributed by atoms with Gasteiger partial charge in [-0.15, -0.1) is 0 Å². The van der Waals surface area contributed by atoms with E-state index in [0.717, 1.165) is 6.20 Å². The van der Waals surface area contributed by atoms with Gasteiger partial charge in [0.25, 0.3) is 5.79 Å². The Labute approximate surface area is 164 Å². The van der Waals surface area contributed by atoms with Crippen molar-refractivity contribution in [3.05, 3.63) is 36.0 Å². The molecule has 0 unspecified atom stereocenters. The summed E-state index contributed by atoms with van der Waals surface area (Å²) in [6.07, 6.45) is 1.73. The molecule has 1 saturated heterocycles. The zero-order valence-electron chi connectivity index (χ0n) is 16.0. The summed E-state index contributed by atoms with van der Waals surface area (Å²) in [6, 6.07) is 5.84. The number of hydrogen-bond donors (Lipinski definition) is 2. The Morgan fingerprint density at radius 1 is 1.11 bits per heavy atom. The molecule has 1 aliphatic heterocycles. The predicted molar refractivity (Wildman–Crippen MR) is 101 cm³/mol. The Morgan fingerprint density at radius 2 is 1.71 bits per heavy atom. The first-order valence-electron chi connectivity index (χ1n) is 8.75. The van der Waals surface area contributed by atoms with Crippen molar-refractivity contribution in [2.45, 2.75) is 37.9 Å². The third-order valence-corrected chi connectivity index (χ3v) is 5.10. The van der Waals surface area contributed by atoms with E-state index in [1.165, 1.54) is 38.1 Å². The fourth-order valence-corrected chi connectivity index (χ4v) is 3.35. The Balaban J connectivity index is 1.97. The second kappa shape index (κ2) is 9.18. The molecule has 1 aromatic carbocycles. The number of anilines is 1. The number of carbonyl (C=O) groups is 2. The molecule has 28 heavy (non-hydrogen) atoms. The van der Waals surface area contributed by atoms with Crippen LogP contribution < -0.4 is 10.0 Å². The first-order chi connectivity index (χ1) is 13.1. The van der Waals surface area contributed by atoms with E-state index in [-0.39, 0.29) is 17.0 Å². The quantitative estimate of drug-likeness (QED) is 0.271. The van der Waals surface area contributed by atoms with Crippen LogP contribution in [0.25, 0.3) is 0 Å². The van der Waals surface area contributed by atoms with Gasteiger partial charge in [0.2, 0.25) is 10.0 Å². The van der Waals surface area contributed by atoms with E-state index >= 15 is 0 Å². The number of benzene rings is 1. The van der Waals surface area contributed by atoms with Gasteiger partial charge in [-0.3, -0.25) is 0 Å². The molecule has 0 bridgehead atoms. The van der Waals surface area contributed by atoms with Crippen molar-refractivity contribution in [1.82, 2.24) is 4.72 Å². The van der Waals surface area contributed by atoms with Gasteiger partial charge < -0.3 is 19.5 Å². The molecular weight excluding hydrogens is 388 g/mol. The van der Waals surface area contributed by atoms with E-state index in [9.17, 15) is 18.0 Å². The second-order valence-corrected chi connectivity index (χ2v) is 8.12. The fraction of sp³-hybridized carbons (Fsp3) is 0.444. The van der Waals surface area contributed by atoms with Crippen molar-refractivity contribution >= 4 is 27.6 Å². The highest BCUT2D eigenvalue weighted by molar-refractivity contribution is 7.89. The largest absolute Gasteiger partial charge is 0.419 e. The standard InChI is InChI=1S/C18H24N2O7S/c1-4-25-11-5-10-20-28(23,24)14-8-6-13(7-9-14)19-12-15-16(21)26-18(2,3)27-17(15)22/h6-9,12,19-20H,4-5,10-11H2,1-3H3. The average molecular weight is 412 g/mol. The van der Waals surface area contributed by atoms with Crippen LogP contribution in [0.3, 0.4) is 0 Å². The lowest BCUT2D eigenvalue weighted by molar-refractivity contribution is -0.222. The van der Waals surface area contributed by atoms with Crippen LogP contribution in [0.5, 0.6) is 0 Å². The molecule has 0 aliphatic carbocycles. The van der Waals surface area contributed by atoms with Gasteiger partial charge in [0.1, 0.15) is 0 Å². The number of ether oxygens (including phenoxy) is 3. The molecule has 0 radical (unpaired) electrons. The monoisotopic (exact) mass is 412 g/mol. The molecule has 1 aliphatic rings. The highest BCUT2D eigenvalue weighted by atomic mass is 32.2. The van der Waals surface area contributed by atoms with Crippen LogP contribution in [0.4, 0.5) is 5.69 Å². The molecule has 10 heteroatoms. The summed E-state index contributed by atoms with van der Waals surface area (Å²) in [4.78, 5) is 23.8. The van der Waals surface area contributed by atoms with E-state index < -0.39 is 27.7 Å². The van der Waals surface area contributed by atoms with Gasteiger partial charge in [0, 0.05) is 45.5 Å². The molecule has 1 fully saturated rings. The maximum atomic E-state index is 12.2. The van der Waals surface area contributed by atoms with Crippen molar-refractivity contribution in [3.63, 3.8) is 0 Å². The zero-order chi connectivity index (χ0) is 20.8. The van der Waals surface area contributed by atoms with Crippen molar-refractivity contribution in [3.8, 4) is 0 Å². The first kappa shape index (κ1) is 21.9. The molecular formula is C18H24N2O7S. The minimum atomic E-state index is -3.63. The number of rotatable bonds is 9. The summed E-state index contributed by atoms with van der Waals surface area (Å²) in [5.41, 5.74) is 0.195. The summed E-state index contributed by atoms with van der Waals surface area (Å²) >= 11 is 0. The highest BCUT2D eigenvalue weighted by Crippen LogP contribution is 2.23. The normalized spacial score (nSPS) is 16.3. The van der Waals surface area contributed by atoms with Crippen LogP contribution in [0.2, 0.25) is 0 Å². The molecule has 0 spiro atoms. The molecule has 2 N–H and O–H groups in total. The molecule has 154 valence electrons. The predicted octanol–water partition coefficient (Wildman–Crippen LogP) is 1.52. The molecule has 0 amide bonds. The molecule has 1 heterocycles. The van der Waals surface area contributed by atoms with Gasteiger partial charge in [-0.1, -0.05) is 0 Å². The average Bonchev–Trinajstić information content (AvgIpc) is 2.60. The van der Waals surface area contributed by atoms with E-state index in [0.29, 0.717) is 25.3 Å². The van der Waals surface area contributed by atoms with Crippen LogP contribution in [-0.2, 0) is 33.8 Å². The summed E-state index contributed by atoms with van der Waals surface area (Å²) in [6.45, 7) is 6.13. The van der Waals surface area contributed by atoms with E-state index in [2.05, 4.69) is 10.0 Å². The van der Waals surface area contributed by atoms with Gasteiger partial charge in [-0.25, -0.2) is 22.7 Å². The van der Waals surface area contributed by atoms with Gasteiger partial charge in [0.05, 0.1) is 4.90 Å². The van der Waals surface area contributed by atoms with E-state index in [4.69, 9.17) is 14.2 Å². The fourth-order valence-electron chi connectivity index (χ4n) is 2.27. The van der Waals surface area contributed by atoms with Gasteiger partial charge >= 0.3 is 11.9 Å². The Morgan fingerprint density at radius 3 is 2.29 bits per heavy atom. The number of cyclic esters (lactones) is 2. The Kier molecular flexibility index (Phi) is 7.17. The summed E-state index contributed by atoms with van der Waals surface area (Å²) in [5.74, 6) is -2.91. The van der Waals surface area contributed by atoms with Crippen molar-refractivity contribution < 1.29 is 32.2 Å². The smallest absolute Gasteiger partial charge is 0.350 e. The molecule has 9 nitrogen and oxygen atoms in total. The van der Waals surface area contributed by atoms with Crippen LogP contribution in [-0.4, -0.2) is 45.9 Å². The third-order valence-electron chi connectivity index (χ3n) is 3.63. The van der Waals surface area contributed by atoms with E-state index in [1.807, 2.05) is 6.92 Å². The van der Waals surface area contributed by atoms with Crippen LogP contribution >= 0.6 is 0 Å². The summed E-state index contributed by atoms with van der Waals surface area (Å²) < 4.78 is 42.1. The summed E-state index contributed by atoms with van der Waals surface area (Å²) in [5, 5.41) is 2.75. The van der Waals surface area contributed by atoms with Gasteiger partial charge in [-0.2, -0.15) is 0 Å². The highest BCUT2D eigenvalue weighted by Gasteiger charge is 2.38. The van der Waals surface area contributed by atoms with Crippen molar-refractivity contribution in [1.29, 1.82) is 0 Å². The Bertz CT molecular complexity index is 823. The molecule has 1 aromatic rings. The number of esters is 2. The minimum absolute atomic E-state index is 0.0975. The third kappa shape index (κ3) is 6.04. The first-order valence-corrected chi connectivity index (χ1v) is 10.2. The number of carbonyl (C=O) groups excluding carboxylic acids is 2. The van der Waals surface area contributed by atoms with Crippen LogP contribution in [0.1, 0.15) is 27.2 Å². The zero-order valence-corrected chi connectivity index (χ0v) is 16.8. The molecule has 0 aromatic heterocycles. The lowest BCUT2D eigenvalue weighted by atomic mass is 10.2. The maximum Gasteiger partial charge on any atom is 0.350 e. The minimum Gasteiger partial charge on any atom is -0.419 e. The number of hydrogen-bond acceptors (Lipinski definition) is 8. The lowest BCUT2D eigenvalue weighted by Crippen LogP contribution is -2.42. The number of sulfonamides is 1. The number of nitrogens with one attached hydrogen (secondary N) is 2. The molecule has 0 atom stereocenters. The molecule has 0 saturated carbocycles. The van der Waals surface area contributed by atoms with Crippen LogP contribution in [0.15, 0.2) is 40.9 Å². The summed E-state index contributed by atoms with van der Waals surface area (Å²) in [7, 11) is -3.63. The van der Waals surface area contributed by atoms with Gasteiger partial charge in [0.15, 0.2) is 5.57 Å². The second-order valence-electron chi connectivity index (χ2n) is 6.35. The van der Waals surface area contributed by atoms with Crippen molar-refractivity contribution in [2.24, 2.45) is 0 Å². The lowest BCUT2D eigenvalue weighted by Gasteiger charge is -2.29. The maximum absolute atomic E-state index is 12.2. The SMILES string of the molecule is CCOCCCNS(=O)(=O)c1ccc(NC=C2C(=O)OC(C)(C)OC2=O)cc1. The van der Waals surface area contributed by atoms with E-state index in [1.54, 1.807) is 0 Å². The van der Waals surface area contributed by atoms with Crippen LogP contribution in [0, 0.1) is 0 Å². The Hall–Kier alpha value is -2.43. The topological polar surface area (TPSA) is 120 Å².